The van der Waals surface area contributed by atoms with E-state index in [0.717, 1.165) is 36.1 Å². The van der Waals surface area contributed by atoms with Gasteiger partial charge in [0.05, 0.1) is 11.6 Å². The molecule has 0 aromatic heterocycles. The fourth-order valence-corrected chi connectivity index (χ4v) is 1.77. The monoisotopic (exact) mass is 842 g/mol. The van der Waals surface area contributed by atoms with Gasteiger partial charge in [-0.25, -0.2) is 0 Å². The molecule has 0 unspecified atom stereocenters. The third-order valence-corrected chi connectivity index (χ3v) is 3.11. The Bertz CT molecular complexity index is 676. The summed E-state index contributed by atoms with van der Waals surface area (Å²) in [6, 6.07) is 31.4. The van der Waals surface area contributed by atoms with Crippen molar-refractivity contribution in [2.75, 3.05) is 14.2 Å². The van der Waals surface area contributed by atoms with Gasteiger partial charge in [0.15, 0.2) is 0 Å². The fraction of sp³-hybridized carbons (Fsp3) is 0.310. The Kier molecular flexibility index (Phi) is 175. The number of halogens is 1. The SMILES string of the molecule is Brc1ccccc1.CC.CC.CC.CO.CO.Cc1ccccc1.N#Cc1ccccc1.[CH3-].[O]=[V].[V].[V].[V].[V].[V]. The molecule has 3 aromatic rings. The molecule has 5 radical (unpaired) electrons. The van der Waals surface area contributed by atoms with Crippen LogP contribution in [0.3, 0.4) is 0 Å². The molecular formula is C29H47BrNO3V6-. The van der Waals surface area contributed by atoms with E-state index in [-0.39, 0.29) is 100 Å². The average molecular weight is 843 g/mol. The summed E-state index contributed by atoms with van der Waals surface area (Å²) in [7, 11) is 2.00. The van der Waals surface area contributed by atoms with Gasteiger partial charge in [0.25, 0.3) is 0 Å². The van der Waals surface area contributed by atoms with Crippen molar-refractivity contribution in [1.82, 2.24) is 0 Å². The predicted octanol–water partition coefficient (Wildman–Crippen LogP) is 8.61. The van der Waals surface area contributed by atoms with Gasteiger partial charge >= 0.3 is 21.0 Å². The summed E-state index contributed by atoms with van der Waals surface area (Å²) in [4.78, 5) is 0. The van der Waals surface area contributed by atoms with Crippen LogP contribution in [-0.4, -0.2) is 24.4 Å². The third kappa shape index (κ3) is 77.2. The van der Waals surface area contributed by atoms with E-state index in [1.165, 1.54) is 5.56 Å². The quantitative estimate of drug-likeness (QED) is 0.222. The minimum Gasteiger partial charge on any atom is 0 e. The zero-order valence-corrected chi connectivity index (χ0v) is 35.4. The van der Waals surface area contributed by atoms with Crippen molar-refractivity contribution in [1.29, 1.82) is 5.26 Å². The molecule has 3 aromatic carbocycles. The van der Waals surface area contributed by atoms with Gasteiger partial charge in [-0.2, -0.15) is 5.26 Å². The van der Waals surface area contributed by atoms with Gasteiger partial charge in [-0.05, 0) is 31.2 Å². The van der Waals surface area contributed by atoms with Crippen LogP contribution in [0.2, 0.25) is 0 Å². The summed E-state index contributed by atoms with van der Waals surface area (Å²) in [6.07, 6.45) is 0. The molecule has 11 heteroatoms. The molecule has 0 aliphatic carbocycles. The van der Waals surface area contributed by atoms with E-state index in [9.17, 15) is 0 Å². The molecular weight excluding hydrogens is 796 g/mol. The minimum atomic E-state index is 0. The number of hydrogen-bond acceptors (Lipinski definition) is 4. The van der Waals surface area contributed by atoms with Gasteiger partial charge in [0.1, 0.15) is 0 Å². The number of nitrogens with zero attached hydrogens (tertiary/aromatic N) is 1. The average Bonchev–Trinajstić information content (AvgIpc) is 2.97. The van der Waals surface area contributed by atoms with Crippen LogP contribution in [-0.2, 0) is 114 Å². The molecule has 0 spiro atoms. The van der Waals surface area contributed by atoms with Crippen LogP contribution in [0, 0.1) is 25.7 Å². The molecule has 0 saturated heterocycles. The molecule has 0 atom stereocenters. The molecule has 0 amide bonds. The first-order valence-corrected chi connectivity index (χ1v) is 12.3. The van der Waals surface area contributed by atoms with Crippen LogP contribution in [0.25, 0.3) is 0 Å². The molecule has 3 rings (SSSR count). The standard InChI is InChI=1S/C7H5N.C7H8.C6H5Br.3C2H6.2CH4O.CH3.O.6V/c8-6-7-4-2-1-3-5-7;1-7-5-3-2-4-6-7;7-6-4-2-1-3-5-6;5*1-2;;;;;;;;/h1-5H;2-6H,1H3;1-5H;3*1-2H3;2*2H,1H3;1H3;;;;;;;/q;;;;;;;;-1;;;;;;;. The zero-order valence-electron chi connectivity index (χ0n) is 25.5. The van der Waals surface area contributed by atoms with Gasteiger partial charge in [0, 0.05) is 111 Å². The van der Waals surface area contributed by atoms with Crippen molar-refractivity contribution < 1.29 is 124 Å². The molecule has 0 aliphatic rings. The predicted molar refractivity (Wildman–Crippen MR) is 154 cm³/mol. The molecule has 4 nitrogen and oxygen atoms in total. The van der Waals surface area contributed by atoms with Gasteiger partial charge in [0.2, 0.25) is 0 Å². The van der Waals surface area contributed by atoms with Crippen LogP contribution in [0.1, 0.15) is 52.7 Å². The van der Waals surface area contributed by atoms with E-state index >= 15 is 0 Å². The van der Waals surface area contributed by atoms with Crippen LogP contribution in [0.15, 0.2) is 95.5 Å². The second-order valence-corrected chi connectivity index (χ2v) is 5.34. The molecule has 2 N–H and O–H groups in total. The van der Waals surface area contributed by atoms with E-state index < -0.39 is 0 Å². The van der Waals surface area contributed by atoms with E-state index in [1.54, 1.807) is 12.1 Å². The smallest absolute Gasteiger partial charge is 0 e. The van der Waals surface area contributed by atoms with Gasteiger partial charge in [-0.15, -0.1) is 0 Å². The molecule has 0 fully saturated rings. The van der Waals surface area contributed by atoms with E-state index in [0.29, 0.717) is 5.56 Å². The Morgan fingerprint density at radius 1 is 0.575 bits per heavy atom. The number of benzene rings is 3. The molecule has 0 bridgehead atoms. The molecule has 224 valence electrons. The topological polar surface area (TPSA) is 81.3 Å². The Balaban J connectivity index is -0.0000000233. The van der Waals surface area contributed by atoms with Crippen molar-refractivity contribution >= 4 is 15.9 Å². The van der Waals surface area contributed by atoms with E-state index in [1.807, 2.05) is 114 Å². The maximum absolute atomic E-state index is 8.29. The number of aryl methyl sites for hydroxylation is 1. The number of aliphatic hydroxyl groups excluding tert-OH is 2. The first-order valence-electron chi connectivity index (χ1n) is 11.0. The van der Waals surface area contributed by atoms with Crippen molar-refractivity contribution in [3.05, 3.63) is 114 Å². The van der Waals surface area contributed by atoms with Gasteiger partial charge < -0.3 is 17.6 Å². The number of aliphatic hydroxyl groups is 2. The van der Waals surface area contributed by atoms with E-state index in [2.05, 4.69) is 35.0 Å². The molecule has 0 heterocycles. The van der Waals surface area contributed by atoms with Crippen molar-refractivity contribution in [3.8, 4) is 6.07 Å². The summed E-state index contributed by atoms with van der Waals surface area (Å²) in [6.45, 7) is 14.1. The van der Waals surface area contributed by atoms with Crippen LogP contribution in [0.5, 0.6) is 0 Å². The zero-order chi connectivity index (χ0) is 28.0. The van der Waals surface area contributed by atoms with Gasteiger partial charge in [-0.1, -0.05) is 130 Å². The third-order valence-electron chi connectivity index (χ3n) is 2.58. The number of rotatable bonds is 0. The Hall–Kier alpha value is 0.856. The molecule has 0 aliphatic heterocycles. The van der Waals surface area contributed by atoms with Crippen LogP contribution >= 0.6 is 15.9 Å². The van der Waals surface area contributed by atoms with Crippen LogP contribution in [0.4, 0.5) is 0 Å². The normalized spacial score (nSPS) is 5.45. The first-order chi connectivity index (χ1) is 16.7. The number of hydrogen-bond donors (Lipinski definition) is 2. The number of nitriles is 1. The maximum Gasteiger partial charge on any atom is 0 e. The van der Waals surface area contributed by atoms with Crippen molar-refractivity contribution in [3.63, 3.8) is 0 Å². The largest absolute Gasteiger partial charge is 0 e. The Labute approximate surface area is 324 Å². The molecule has 0 saturated carbocycles. The van der Waals surface area contributed by atoms with Crippen molar-refractivity contribution in [2.24, 2.45) is 0 Å². The molecule has 40 heavy (non-hydrogen) atoms. The summed E-state index contributed by atoms with van der Waals surface area (Å²) >= 11 is 4.37. The maximum atomic E-state index is 8.29. The Morgan fingerprint density at radius 3 is 0.925 bits per heavy atom. The van der Waals surface area contributed by atoms with Crippen molar-refractivity contribution in [2.45, 2.75) is 48.5 Å². The van der Waals surface area contributed by atoms with Crippen LogP contribution < -0.4 is 0 Å². The summed E-state index contributed by atoms with van der Waals surface area (Å²) in [5, 5.41) is 22.3. The summed E-state index contributed by atoms with van der Waals surface area (Å²) in [5.41, 5.74) is 2.04. The fourth-order valence-electron chi connectivity index (χ4n) is 1.46. The minimum absolute atomic E-state index is 0. The second-order valence-electron chi connectivity index (χ2n) is 4.43. The Morgan fingerprint density at radius 2 is 0.800 bits per heavy atom. The van der Waals surface area contributed by atoms with E-state index in [4.69, 9.17) is 19.1 Å². The van der Waals surface area contributed by atoms with Gasteiger partial charge in [-0.3, -0.25) is 0 Å². The summed E-state index contributed by atoms with van der Waals surface area (Å²) < 4.78 is 9.32. The second kappa shape index (κ2) is 90.0. The summed E-state index contributed by atoms with van der Waals surface area (Å²) in [5.74, 6) is 0. The first kappa shape index (κ1) is 77.9.